The van der Waals surface area contributed by atoms with Crippen molar-refractivity contribution in [3.8, 4) is 0 Å². The van der Waals surface area contributed by atoms with Gasteiger partial charge in [-0.3, -0.25) is 28.5 Å². The van der Waals surface area contributed by atoms with Crippen LogP contribution in [0.3, 0.4) is 0 Å². The fraction of sp³-hybridized carbons (Fsp3) is 0.600. The first-order valence-electron chi connectivity index (χ1n) is 15.1. The van der Waals surface area contributed by atoms with E-state index in [-0.39, 0.29) is 12.3 Å². The van der Waals surface area contributed by atoms with Crippen molar-refractivity contribution < 1.29 is 48.1 Å². The molecular weight excluding hydrogens is 635 g/mol. The Bertz CT molecular complexity index is 1290. The molecule has 1 aromatic rings. The highest BCUT2D eigenvalue weighted by molar-refractivity contribution is 7.59. The molecule has 0 spiro atoms. The number of carbonyl (C=O) groups excluding carboxylic acids is 6. The second-order valence-electron chi connectivity index (χ2n) is 11.9. The molecule has 0 aliphatic heterocycles. The summed E-state index contributed by atoms with van der Waals surface area (Å²) in [7, 11) is -3.36. The molecule has 17 heteroatoms. The van der Waals surface area contributed by atoms with Crippen molar-refractivity contribution in [1.82, 2.24) is 26.6 Å². The molecular formula is C30H49N6O10P. The molecule has 5 amide bonds. The summed E-state index contributed by atoms with van der Waals surface area (Å²) in [6.07, 6.45) is -1.11. The molecule has 1 unspecified atom stereocenters. The van der Waals surface area contributed by atoms with Gasteiger partial charge in [-0.2, -0.15) is 0 Å². The summed E-state index contributed by atoms with van der Waals surface area (Å²) < 4.78 is 18.4. The molecule has 1 rings (SSSR count). The van der Waals surface area contributed by atoms with E-state index in [0.29, 0.717) is 5.56 Å². The Labute approximate surface area is 274 Å². The average Bonchev–Trinajstić information content (AvgIpc) is 3.00. The van der Waals surface area contributed by atoms with Gasteiger partial charge in [0.2, 0.25) is 36.9 Å². The lowest BCUT2D eigenvalue weighted by atomic mass is 10.0. The van der Waals surface area contributed by atoms with Gasteiger partial charge < -0.3 is 47.1 Å². The van der Waals surface area contributed by atoms with Crippen LogP contribution in [0.1, 0.15) is 47.1 Å². The van der Waals surface area contributed by atoms with Gasteiger partial charge in [-0.15, -0.1) is 0 Å². The maximum atomic E-state index is 13.7. The van der Waals surface area contributed by atoms with Gasteiger partial charge in [-0.1, -0.05) is 58.0 Å². The Morgan fingerprint density at radius 1 is 0.766 bits per heavy atom. The Hall–Kier alpha value is -3.85. The van der Waals surface area contributed by atoms with E-state index in [2.05, 4.69) is 26.6 Å². The number of aliphatic hydroxyl groups is 1. The van der Waals surface area contributed by atoms with E-state index in [1.807, 2.05) is 0 Å². The maximum absolute atomic E-state index is 13.7. The predicted octanol–water partition coefficient (Wildman–Crippen LogP) is -1.27. The zero-order valence-electron chi connectivity index (χ0n) is 27.8. The van der Waals surface area contributed by atoms with Crippen molar-refractivity contribution in [2.24, 2.45) is 17.6 Å². The monoisotopic (exact) mass is 684 g/mol. The average molecular weight is 685 g/mol. The van der Waals surface area contributed by atoms with Crippen LogP contribution in [0.5, 0.6) is 0 Å². The SMILES string of the molecule is COC(=O)[C@@H](NC(=O)[C@@H](NC(=O)CP(=O)(O)[C@H](Cc1ccccc1)NC(=O)[C@H](C)NC(=O)[C@H](C)NC(=O)[C@@H](N)CO)C(C)C)C(C)C. The third kappa shape index (κ3) is 13.4. The highest BCUT2D eigenvalue weighted by Gasteiger charge is 2.38. The van der Waals surface area contributed by atoms with Crippen LogP contribution in [-0.4, -0.2) is 101 Å². The van der Waals surface area contributed by atoms with E-state index in [0.717, 1.165) is 0 Å². The van der Waals surface area contributed by atoms with E-state index < -0.39 is 97.6 Å². The Morgan fingerprint density at radius 3 is 1.77 bits per heavy atom. The third-order valence-electron chi connectivity index (χ3n) is 7.16. The molecule has 0 fully saturated rings. The predicted molar refractivity (Wildman–Crippen MR) is 173 cm³/mol. The minimum absolute atomic E-state index is 0.150. The number of hydrogen-bond acceptors (Lipinski definition) is 10. The number of ether oxygens (including phenoxy) is 1. The summed E-state index contributed by atoms with van der Waals surface area (Å²) >= 11 is 0. The first-order chi connectivity index (χ1) is 21.8. The molecule has 0 aliphatic carbocycles. The number of carbonyl (C=O) groups is 6. The number of aliphatic hydroxyl groups excluding tert-OH is 1. The van der Waals surface area contributed by atoms with Crippen molar-refractivity contribution in [2.75, 3.05) is 19.9 Å². The fourth-order valence-electron chi connectivity index (χ4n) is 4.23. The quantitative estimate of drug-likeness (QED) is 0.0668. The first kappa shape index (κ1) is 41.2. The molecule has 1 aromatic carbocycles. The van der Waals surface area contributed by atoms with Gasteiger partial charge in [0.15, 0.2) is 0 Å². The second kappa shape index (κ2) is 19.1. The van der Waals surface area contributed by atoms with Crippen LogP contribution in [0.2, 0.25) is 0 Å². The minimum atomic E-state index is -4.54. The fourth-order valence-corrected chi connectivity index (χ4v) is 5.78. The zero-order valence-corrected chi connectivity index (χ0v) is 28.7. The molecule has 16 nitrogen and oxygen atoms in total. The normalized spacial score (nSPS) is 16.3. The van der Waals surface area contributed by atoms with Gasteiger partial charge in [-0.25, -0.2) is 4.79 Å². The van der Waals surface area contributed by atoms with E-state index in [1.165, 1.54) is 21.0 Å². The molecule has 0 bridgehead atoms. The van der Waals surface area contributed by atoms with Crippen molar-refractivity contribution in [2.45, 2.75) is 84.0 Å². The number of nitrogens with two attached hydrogens (primary N) is 1. The van der Waals surface area contributed by atoms with E-state index in [4.69, 9.17) is 15.6 Å². The zero-order chi connectivity index (χ0) is 36.1. The smallest absolute Gasteiger partial charge is 0.328 e. The van der Waals surface area contributed by atoms with Crippen LogP contribution in [0.4, 0.5) is 0 Å². The molecule has 0 saturated carbocycles. The standard InChI is InChI=1S/C30H49N6O10P/c1-16(2)24(29(42)36-25(17(3)4)30(43)46-7)34-22(38)15-47(44,45)23(13-20-11-9-8-10-12-20)35-27(40)19(6)32-26(39)18(5)33-28(41)21(31)14-37/h8-12,16-19,21,23-25,37H,13-15,31H2,1-7H3,(H,32,39)(H,33,41)(H,34,38)(H,35,40)(H,36,42)(H,44,45)/t18-,19-,21-,23+,24-,25-/m0/s1. The highest BCUT2D eigenvalue weighted by atomic mass is 31.2. The largest absolute Gasteiger partial charge is 0.467 e. The summed E-state index contributed by atoms with van der Waals surface area (Å²) in [6, 6.07) is 2.67. The van der Waals surface area contributed by atoms with Crippen LogP contribution in [0, 0.1) is 11.8 Å². The Morgan fingerprint density at radius 2 is 1.28 bits per heavy atom. The number of methoxy groups -OCH3 is 1. The van der Waals surface area contributed by atoms with Gasteiger partial charge in [0, 0.05) is 6.42 Å². The molecule has 0 radical (unpaired) electrons. The number of hydrogen-bond donors (Lipinski definition) is 8. The van der Waals surface area contributed by atoms with Crippen molar-refractivity contribution in [3.05, 3.63) is 35.9 Å². The van der Waals surface area contributed by atoms with Crippen molar-refractivity contribution in [1.29, 1.82) is 0 Å². The topological polar surface area (TPSA) is 255 Å². The molecule has 0 aliphatic rings. The number of amides is 5. The molecule has 7 atom stereocenters. The van der Waals surface area contributed by atoms with Crippen LogP contribution in [0.25, 0.3) is 0 Å². The number of rotatable bonds is 18. The van der Waals surface area contributed by atoms with E-state index in [9.17, 15) is 38.2 Å². The van der Waals surface area contributed by atoms with Gasteiger partial charge in [0.25, 0.3) is 0 Å². The Balaban J connectivity index is 3.11. The lowest BCUT2D eigenvalue weighted by Gasteiger charge is -2.28. The van der Waals surface area contributed by atoms with Gasteiger partial charge in [0.1, 0.15) is 42.2 Å². The molecule has 47 heavy (non-hydrogen) atoms. The van der Waals surface area contributed by atoms with Crippen LogP contribution in [0.15, 0.2) is 30.3 Å². The molecule has 0 aromatic heterocycles. The molecule has 0 saturated heterocycles. The summed E-state index contributed by atoms with van der Waals surface area (Å²) in [6.45, 7) is 8.71. The maximum Gasteiger partial charge on any atom is 0.328 e. The number of nitrogens with one attached hydrogen (secondary N) is 5. The number of esters is 1. The van der Waals surface area contributed by atoms with Crippen LogP contribution < -0.4 is 32.3 Å². The molecule has 9 N–H and O–H groups in total. The summed E-state index contributed by atoms with van der Waals surface area (Å²) in [4.78, 5) is 87.0. The first-order valence-corrected chi connectivity index (χ1v) is 17.1. The van der Waals surface area contributed by atoms with Crippen molar-refractivity contribution in [3.63, 3.8) is 0 Å². The second-order valence-corrected chi connectivity index (χ2v) is 14.4. The lowest BCUT2D eigenvalue weighted by Crippen LogP contribution is -2.56. The summed E-state index contributed by atoms with van der Waals surface area (Å²) in [5, 5.41) is 21.2. The van der Waals surface area contributed by atoms with Gasteiger partial charge >= 0.3 is 5.97 Å². The van der Waals surface area contributed by atoms with E-state index in [1.54, 1.807) is 58.0 Å². The number of benzene rings is 1. The lowest BCUT2D eigenvalue weighted by molar-refractivity contribution is -0.146. The van der Waals surface area contributed by atoms with Gasteiger partial charge in [-0.05, 0) is 31.2 Å². The molecule has 0 heterocycles. The summed E-state index contributed by atoms with van der Waals surface area (Å²) in [5.41, 5.74) is 6.01. The van der Waals surface area contributed by atoms with Crippen LogP contribution >= 0.6 is 7.37 Å². The minimum Gasteiger partial charge on any atom is -0.467 e. The van der Waals surface area contributed by atoms with Crippen molar-refractivity contribution >= 4 is 42.9 Å². The Kier molecular flexibility index (Phi) is 16.7. The molecule has 264 valence electrons. The summed E-state index contributed by atoms with van der Waals surface area (Å²) in [5.74, 6) is -6.96. The van der Waals surface area contributed by atoms with Gasteiger partial charge in [0.05, 0.1) is 13.7 Å². The highest BCUT2D eigenvalue weighted by Crippen LogP contribution is 2.46. The van der Waals surface area contributed by atoms with Crippen LogP contribution in [-0.2, 0) is 44.5 Å². The third-order valence-corrected chi connectivity index (χ3v) is 9.19. The van der Waals surface area contributed by atoms with E-state index >= 15 is 0 Å².